The van der Waals surface area contributed by atoms with Crippen molar-refractivity contribution in [2.45, 2.75) is 53.6 Å². The van der Waals surface area contributed by atoms with E-state index in [0.29, 0.717) is 17.8 Å². The van der Waals surface area contributed by atoms with Gasteiger partial charge >= 0.3 is 11.9 Å². The Morgan fingerprint density at radius 3 is 2.56 bits per heavy atom. The van der Waals surface area contributed by atoms with Gasteiger partial charge in [0.15, 0.2) is 5.78 Å². The summed E-state index contributed by atoms with van der Waals surface area (Å²) < 4.78 is 10.7. The molecule has 5 nitrogen and oxygen atoms in total. The first kappa shape index (κ1) is 20.9. The van der Waals surface area contributed by atoms with E-state index in [9.17, 15) is 14.4 Å². The van der Waals surface area contributed by atoms with Crippen LogP contribution < -0.4 is 0 Å². The maximum Gasteiger partial charge on any atom is 0.310 e. The van der Waals surface area contributed by atoms with Crippen molar-refractivity contribution in [1.82, 2.24) is 0 Å². The number of hydrogen-bond acceptors (Lipinski definition) is 5. The van der Waals surface area contributed by atoms with Gasteiger partial charge < -0.3 is 9.47 Å². The molecule has 2 aliphatic rings. The van der Waals surface area contributed by atoms with E-state index in [1.54, 1.807) is 25.2 Å². The quantitative estimate of drug-likeness (QED) is 0.383. The summed E-state index contributed by atoms with van der Waals surface area (Å²) in [6.45, 7) is 12.5. The maximum atomic E-state index is 12.7. The van der Waals surface area contributed by atoms with Crippen molar-refractivity contribution in [3.8, 4) is 0 Å². The fraction of sp³-hybridized carbons (Fsp3) is 0.500. The maximum absolute atomic E-state index is 12.7. The van der Waals surface area contributed by atoms with Gasteiger partial charge in [0.25, 0.3) is 0 Å². The molecule has 2 rings (SSSR count). The van der Waals surface area contributed by atoms with Gasteiger partial charge in [-0.15, -0.1) is 0 Å². The molecule has 1 saturated carbocycles. The van der Waals surface area contributed by atoms with Gasteiger partial charge in [-0.25, -0.2) is 0 Å². The van der Waals surface area contributed by atoms with Crippen molar-refractivity contribution in [2.75, 3.05) is 0 Å². The van der Waals surface area contributed by atoms with Gasteiger partial charge in [0.1, 0.15) is 11.9 Å². The minimum atomic E-state index is -0.493. The van der Waals surface area contributed by atoms with Crippen molar-refractivity contribution >= 4 is 17.7 Å². The molecule has 0 radical (unpaired) electrons. The van der Waals surface area contributed by atoms with Crippen molar-refractivity contribution in [3.63, 3.8) is 0 Å². The molecule has 0 bridgehead atoms. The average Bonchev–Trinajstić information content (AvgIpc) is 2.98. The summed E-state index contributed by atoms with van der Waals surface area (Å²) >= 11 is 0. The summed E-state index contributed by atoms with van der Waals surface area (Å²) in [6.07, 6.45) is 7.36. The van der Waals surface area contributed by atoms with E-state index in [0.717, 1.165) is 5.57 Å². The minimum absolute atomic E-state index is 0.0243. The molecule has 0 saturated heterocycles. The third kappa shape index (κ3) is 4.65. The molecular formula is C22H28O5. The monoisotopic (exact) mass is 372 g/mol. The smallest absolute Gasteiger partial charge is 0.310 e. The predicted octanol–water partition coefficient (Wildman–Crippen LogP) is 4.06. The molecule has 0 aliphatic heterocycles. The fourth-order valence-corrected chi connectivity index (χ4v) is 3.71. The lowest BCUT2D eigenvalue weighted by molar-refractivity contribution is -0.150. The van der Waals surface area contributed by atoms with Gasteiger partial charge in [-0.2, -0.15) is 0 Å². The number of ether oxygens (including phenoxy) is 2. The highest BCUT2D eigenvalue weighted by atomic mass is 16.5. The summed E-state index contributed by atoms with van der Waals surface area (Å²) in [6, 6.07) is 0. The van der Waals surface area contributed by atoms with Crippen LogP contribution in [0.25, 0.3) is 0 Å². The van der Waals surface area contributed by atoms with Crippen LogP contribution in [-0.2, 0) is 23.9 Å². The van der Waals surface area contributed by atoms with Crippen LogP contribution in [-0.4, -0.2) is 23.8 Å². The van der Waals surface area contributed by atoms with Gasteiger partial charge in [0.2, 0.25) is 0 Å². The number of rotatable bonds is 7. The summed E-state index contributed by atoms with van der Waals surface area (Å²) in [4.78, 5) is 36.0. The lowest BCUT2D eigenvalue weighted by Gasteiger charge is -2.13. The molecule has 0 aromatic carbocycles. The highest BCUT2D eigenvalue weighted by Crippen LogP contribution is 2.60. The lowest BCUT2D eigenvalue weighted by atomic mass is 10.1. The standard InChI is InChI=1S/C22H28O5/c1-7-8-9-10-16-14(3)19(12-18(16)24)27-21(25)20-17(22(20,5)6)11-13(2)26-15(4)23/h7-9,11,17,19-20H,1,10,12H2,2-6H3/t17-,19+,20+/m1/s1. The molecule has 1 fully saturated rings. The summed E-state index contributed by atoms with van der Waals surface area (Å²) in [5.41, 5.74) is 1.26. The first-order chi connectivity index (χ1) is 12.6. The Balaban J connectivity index is 2.05. The summed E-state index contributed by atoms with van der Waals surface area (Å²) in [7, 11) is 0. The first-order valence-corrected chi connectivity index (χ1v) is 9.17. The molecule has 3 atom stereocenters. The van der Waals surface area contributed by atoms with Crippen LogP contribution in [0.1, 0.15) is 47.5 Å². The Labute approximate surface area is 160 Å². The summed E-state index contributed by atoms with van der Waals surface area (Å²) in [5.74, 6) is -0.548. The Hall–Kier alpha value is -2.43. The predicted molar refractivity (Wildman–Crippen MR) is 102 cm³/mol. The van der Waals surface area contributed by atoms with Crippen LogP contribution in [0.3, 0.4) is 0 Å². The van der Waals surface area contributed by atoms with Gasteiger partial charge in [-0.05, 0) is 37.3 Å². The Kier molecular flexibility index (Phi) is 6.24. The molecule has 0 spiro atoms. The molecule has 146 valence electrons. The number of carbonyl (C=O) groups excluding carboxylic acids is 3. The third-order valence-electron chi connectivity index (χ3n) is 5.40. The number of allylic oxidation sites excluding steroid dienone is 6. The number of Topliss-reactive ketones (excluding diaryl/α,β-unsaturated/α-hetero) is 1. The van der Waals surface area contributed by atoms with Crippen LogP contribution >= 0.6 is 0 Å². The number of ketones is 1. The van der Waals surface area contributed by atoms with Gasteiger partial charge in [-0.3, -0.25) is 14.4 Å². The van der Waals surface area contributed by atoms with E-state index in [2.05, 4.69) is 6.58 Å². The molecule has 5 heteroatoms. The second-order valence-electron chi connectivity index (χ2n) is 7.78. The van der Waals surface area contributed by atoms with Crippen LogP contribution in [0.5, 0.6) is 0 Å². The summed E-state index contributed by atoms with van der Waals surface area (Å²) in [5, 5.41) is 0. The second-order valence-corrected chi connectivity index (χ2v) is 7.78. The van der Waals surface area contributed by atoms with Crippen LogP contribution in [0.2, 0.25) is 0 Å². The van der Waals surface area contributed by atoms with E-state index in [4.69, 9.17) is 9.47 Å². The SMILES string of the molecule is C=CC=CCC1=C(C)[C@@H](OC(=O)[C@@H]2[C@@H](C=C(C)OC(C)=O)C2(C)C)CC1=O. The van der Waals surface area contributed by atoms with Crippen LogP contribution in [0.15, 0.2) is 47.8 Å². The Morgan fingerprint density at radius 1 is 1.30 bits per heavy atom. The topological polar surface area (TPSA) is 69.7 Å². The second kappa shape index (κ2) is 8.07. The van der Waals surface area contributed by atoms with Crippen LogP contribution in [0.4, 0.5) is 0 Å². The third-order valence-corrected chi connectivity index (χ3v) is 5.40. The van der Waals surface area contributed by atoms with Crippen LogP contribution in [0, 0.1) is 17.3 Å². The first-order valence-electron chi connectivity index (χ1n) is 9.17. The number of esters is 2. The molecule has 27 heavy (non-hydrogen) atoms. The van der Waals surface area contributed by atoms with Gasteiger partial charge in [-0.1, -0.05) is 38.7 Å². The molecule has 0 N–H and O–H groups in total. The van der Waals surface area contributed by atoms with Crippen molar-refractivity contribution in [2.24, 2.45) is 17.3 Å². The lowest BCUT2D eigenvalue weighted by Crippen LogP contribution is -2.20. The van der Waals surface area contributed by atoms with Crippen molar-refractivity contribution in [1.29, 1.82) is 0 Å². The minimum Gasteiger partial charge on any atom is -0.457 e. The Bertz CT molecular complexity index is 751. The van der Waals surface area contributed by atoms with E-state index in [-0.39, 0.29) is 41.4 Å². The molecular weight excluding hydrogens is 344 g/mol. The van der Waals surface area contributed by atoms with E-state index in [1.165, 1.54) is 6.92 Å². The average molecular weight is 372 g/mol. The van der Waals surface area contributed by atoms with E-state index < -0.39 is 6.10 Å². The van der Waals surface area contributed by atoms with Gasteiger partial charge in [0.05, 0.1) is 12.3 Å². The zero-order valence-corrected chi connectivity index (χ0v) is 16.7. The highest BCUT2D eigenvalue weighted by Gasteiger charge is 2.62. The largest absolute Gasteiger partial charge is 0.457 e. The molecule has 0 heterocycles. The fourth-order valence-electron chi connectivity index (χ4n) is 3.71. The van der Waals surface area contributed by atoms with Crippen molar-refractivity contribution < 1.29 is 23.9 Å². The molecule has 0 aromatic rings. The molecule has 0 aromatic heterocycles. The molecule has 0 amide bonds. The zero-order chi connectivity index (χ0) is 20.4. The zero-order valence-electron chi connectivity index (χ0n) is 16.7. The Morgan fingerprint density at radius 2 is 1.96 bits per heavy atom. The van der Waals surface area contributed by atoms with E-state index in [1.807, 2.05) is 26.8 Å². The van der Waals surface area contributed by atoms with E-state index >= 15 is 0 Å². The number of carbonyl (C=O) groups is 3. The molecule has 0 unspecified atom stereocenters. The highest BCUT2D eigenvalue weighted by molar-refractivity contribution is 6.00. The molecule has 2 aliphatic carbocycles. The normalized spacial score (nSPS) is 27.1. The van der Waals surface area contributed by atoms with Crippen molar-refractivity contribution in [3.05, 3.63) is 47.8 Å². The van der Waals surface area contributed by atoms with Gasteiger partial charge in [0, 0.05) is 18.4 Å². The number of hydrogen-bond donors (Lipinski definition) is 0.